The van der Waals surface area contributed by atoms with E-state index in [0.717, 1.165) is 12.5 Å². The van der Waals surface area contributed by atoms with Crippen molar-refractivity contribution in [1.82, 2.24) is 5.32 Å². The monoisotopic (exact) mass is 223 g/mol. The Morgan fingerprint density at radius 1 is 1.53 bits per heavy atom. The molecule has 15 heavy (non-hydrogen) atoms. The van der Waals surface area contributed by atoms with Crippen LogP contribution in [-0.4, -0.2) is 6.54 Å². The Labute approximate surface area is 96.9 Å². The zero-order valence-corrected chi connectivity index (χ0v) is 10.6. The predicted molar refractivity (Wildman–Crippen MR) is 67.4 cm³/mol. The summed E-state index contributed by atoms with van der Waals surface area (Å²) in [6.07, 6.45) is 5.70. The molecule has 1 nitrogen and oxygen atoms in total. The SMILES string of the molecule is CCNC(CC1CCC1)c1sccc1C. The number of aryl methyl sites for hydroxylation is 1. The molecule has 1 unspecified atom stereocenters. The van der Waals surface area contributed by atoms with E-state index in [1.807, 2.05) is 11.3 Å². The molecule has 0 spiro atoms. The lowest BCUT2D eigenvalue weighted by Gasteiger charge is -2.30. The van der Waals surface area contributed by atoms with Gasteiger partial charge < -0.3 is 5.32 Å². The van der Waals surface area contributed by atoms with Crippen molar-refractivity contribution in [1.29, 1.82) is 0 Å². The molecular formula is C13H21NS. The highest BCUT2D eigenvalue weighted by atomic mass is 32.1. The number of rotatable bonds is 5. The van der Waals surface area contributed by atoms with Gasteiger partial charge in [0.05, 0.1) is 0 Å². The van der Waals surface area contributed by atoms with Gasteiger partial charge in [-0.15, -0.1) is 11.3 Å². The smallest absolute Gasteiger partial charge is 0.0420 e. The Kier molecular flexibility index (Phi) is 3.81. The van der Waals surface area contributed by atoms with Crippen molar-refractivity contribution in [2.75, 3.05) is 6.54 Å². The summed E-state index contributed by atoms with van der Waals surface area (Å²) < 4.78 is 0. The van der Waals surface area contributed by atoms with Crippen LogP contribution in [0.5, 0.6) is 0 Å². The third kappa shape index (κ3) is 2.61. The van der Waals surface area contributed by atoms with Crippen LogP contribution in [-0.2, 0) is 0 Å². The Balaban J connectivity index is 2.01. The average molecular weight is 223 g/mol. The fourth-order valence-corrected chi connectivity index (χ4v) is 3.35. The van der Waals surface area contributed by atoms with Crippen LogP contribution >= 0.6 is 11.3 Å². The van der Waals surface area contributed by atoms with Crippen LogP contribution in [0.25, 0.3) is 0 Å². The maximum atomic E-state index is 3.64. The van der Waals surface area contributed by atoms with E-state index in [-0.39, 0.29) is 0 Å². The van der Waals surface area contributed by atoms with Crippen molar-refractivity contribution in [3.8, 4) is 0 Å². The van der Waals surface area contributed by atoms with E-state index in [1.54, 1.807) is 4.88 Å². The number of thiophene rings is 1. The summed E-state index contributed by atoms with van der Waals surface area (Å²) in [6.45, 7) is 5.52. The third-order valence-corrected chi connectivity index (χ3v) is 4.60. The zero-order chi connectivity index (χ0) is 10.7. The van der Waals surface area contributed by atoms with Crippen LogP contribution in [0.3, 0.4) is 0 Å². The Bertz CT molecular complexity index is 301. The highest BCUT2D eigenvalue weighted by molar-refractivity contribution is 7.10. The summed E-state index contributed by atoms with van der Waals surface area (Å²) >= 11 is 1.91. The molecule has 1 aromatic heterocycles. The van der Waals surface area contributed by atoms with Gasteiger partial charge in [-0.1, -0.05) is 26.2 Å². The predicted octanol–water partition coefficient (Wildman–Crippen LogP) is 3.90. The summed E-state index contributed by atoms with van der Waals surface area (Å²) in [4.78, 5) is 1.56. The second-order valence-corrected chi connectivity index (χ2v) is 5.56. The van der Waals surface area contributed by atoms with E-state index in [2.05, 4.69) is 30.6 Å². The lowest BCUT2D eigenvalue weighted by molar-refractivity contribution is 0.263. The first-order valence-electron chi connectivity index (χ1n) is 6.08. The number of hydrogen-bond donors (Lipinski definition) is 1. The van der Waals surface area contributed by atoms with Gasteiger partial charge in [0.15, 0.2) is 0 Å². The van der Waals surface area contributed by atoms with E-state index in [0.29, 0.717) is 6.04 Å². The van der Waals surface area contributed by atoms with Crippen LogP contribution in [0.15, 0.2) is 11.4 Å². The average Bonchev–Trinajstić information content (AvgIpc) is 2.56. The standard InChI is InChI=1S/C13H21NS/c1-3-14-12(9-11-5-4-6-11)13-10(2)7-8-15-13/h7-8,11-12,14H,3-6,9H2,1-2H3. The molecule has 0 bridgehead atoms. The molecule has 1 heterocycles. The topological polar surface area (TPSA) is 12.0 Å². The first-order valence-corrected chi connectivity index (χ1v) is 6.96. The minimum Gasteiger partial charge on any atom is -0.310 e. The highest BCUT2D eigenvalue weighted by Gasteiger charge is 2.23. The summed E-state index contributed by atoms with van der Waals surface area (Å²) in [5, 5.41) is 5.85. The van der Waals surface area contributed by atoms with Gasteiger partial charge in [0, 0.05) is 10.9 Å². The molecule has 1 fully saturated rings. The molecule has 1 N–H and O–H groups in total. The molecule has 1 aromatic rings. The van der Waals surface area contributed by atoms with Crippen LogP contribution in [0.4, 0.5) is 0 Å². The lowest BCUT2D eigenvalue weighted by Crippen LogP contribution is -2.25. The van der Waals surface area contributed by atoms with Crippen LogP contribution in [0.1, 0.15) is 49.1 Å². The molecule has 1 atom stereocenters. The van der Waals surface area contributed by atoms with Gasteiger partial charge in [-0.05, 0) is 42.8 Å². The Hall–Kier alpha value is -0.340. The fraction of sp³-hybridized carbons (Fsp3) is 0.692. The molecule has 2 rings (SSSR count). The van der Waals surface area contributed by atoms with Crippen molar-refractivity contribution in [3.63, 3.8) is 0 Å². The Morgan fingerprint density at radius 2 is 2.33 bits per heavy atom. The molecule has 0 saturated heterocycles. The van der Waals surface area contributed by atoms with Crippen molar-refractivity contribution in [3.05, 3.63) is 21.9 Å². The minimum absolute atomic E-state index is 0.611. The van der Waals surface area contributed by atoms with E-state index >= 15 is 0 Å². The molecule has 0 aromatic carbocycles. The van der Waals surface area contributed by atoms with Crippen molar-refractivity contribution < 1.29 is 0 Å². The quantitative estimate of drug-likeness (QED) is 0.798. The molecule has 1 aliphatic carbocycles. The third-order valence-electron chi connectivity index (χ3n) is 3.46. The fourth-order valence-electron chi connectivity index (χ4n) is 2.33. The van der Waals surface area contributed by atoms with Crippen LogP contribution in [0, 0.1) is 12.8 Å². The number of nitrogens with one attached hydrogen (secondary N) is 1. The zero-order valence-electron chi connectivity index (χ0n) is 9.75. The second-order valence-electron chi connectivity index (χ2n) is 4.61. The van der Waals surface area contributed by atoms with E-state index < -0.39 is 0 Å². The number of hydrogen-bond acceptors (Lipinski definition) is 2. The molecule has 0 radical (unpaired) electrons. The van der Waals surface area contributed by atoms with E-state index in [9.17, 15) is 0 Å². The molecule has 0 amide bonds. The summed E-state index contributed by atoms with van der Waals surface area (Å²) in [6, 6.07) is 2.85. The van der Waals surface area contributed by atoms with E-state index in [4.69, 9.17) is 0 Å². The molecule has 1 saturated carbocycles. The maximum Gasteiger partial charge on any atom is 0.0420 e. The first-order chi connectivity index (χ1) is 7.31. The van der Waals surface area contributed by atoms with Gasteiger partial charge in [-0.25, -0.2) is 0 Å². The normalized spacial score (nSPS) is 18.8. The van der Waals surface area contributed by atoms with Gasteiger partial charge in [-0.2, -0.15) is 0 Å². The largest absolute Gasteiger partial charge is 0.310 e. The molecular weight excluding hydrogens is 202 g/mol. The first kappa shape index (κ1) is 11.2. The summed E-state index contributed by atoms with van der Waals surface area (Å²) in [5.41, 5.74) is 1.46. The van der Waals surface area contributed by atoms with Crippen molar-refractivity contribution in [2.24, 2.45) is 5.92 Å². The Morgan fingerprint density at radius 3 is 2.80 bits per heavy atom. The highest BCUT2D eigenvalue weighted by Crippen LogP contribution is 2.36. The van der Waals surface area contributed by atoms with E-state index in [1.165, 1.54) is 31.2 Å². The van der Waals surface area contributed by atoms with Crippen molar-refractivity contribution >= 4 is 11.3 Å². The summed E-state index contributed by atoms with van der Waals surface area (Å²) in [5.74, 6) is 0.982. The molecule has 2 heteroatoms. The van der Waals surface area contributed by atoms with Gasteiger partial charge in [0.1, 0.15) is 0 Å². The minimum atomic E-state index is 0.611. The second kappa shape index (κ2) is 5.13. The molecule has 1 aliphatic rings. The van der Waals surface area contributed by atoms with Crippen LogP contribution in [0.2, 0.25) is 0 Å². The maximum absolute atomic E-state index is 3.64. The molecule has 84 valence electrons. The van der Waals surface area contributed by atoms with Crippen molar-refractivity contribution in [2.45, 2.75) is 45.6 Å². The van der Waals surface area contributed by atoms with Gasteiger partial charge >= 0.3 is 0 Å². The van der Waals surface area contributed by atoms with Crippen LogP contribution < -0.4 is 5.32 Å². The summed E-state index contributed by atoms with van der Waals surface area (Å²) in [7, 11) is 0. The van der Waals surface area contributed by atoms with Gasteiger partial charge in [0.25, 0.3) is 0 Å². The van der Waals surface area contributed by atoms with Gasteiger partial charge in [0.2, 0.25) is 0 Å². The van der Waals surface area contributed by atoms with Gasteiger partial charge in [-0.3, -0.25) is 0 Å². The lowest BCUT2D eigenvalue weighted by atomic mass is 9.80. The molecule has 0 aliphatic heterocycles.